The highest BCUT2D eigenvalue weighted by atomic mass is 32.2. The SMILES string of the molecule is C[C@@H](Sc1nnc(-c2cccnc2)n1C1CC1)C(=O)Nc1nc(-c2ccccc2)cs1. The van der Waals surface area contributed by atoms with Crippen LogP contribution >= 0.6 is 23.1 Å². The van der Waals surface area contributed by atoms with Crippen molar-refractivity contribution in [2.45, 2.75) is 36.2 Å². The number of thioether (sulfide) groups is 1. The van der Waals surface area contributed by atoms with Gasteiger partial charge in [0.25, 0.3) is 0 Å². The van der Waals surface area contributed by atoms with Gasteiger partial charge in [-0.1, -0.05) is 42.1 Å². The number of amides is 1. The lowest BCUT2D eigenvalue weighted by molar-refractivity contribution is -0.115. The van der Waals surface area contributed by atoms with E-state index in [9.17, 15) is 4.79 Å². The number of carbonyl (C=O) groups is 1. The normalized spacial score (nSPS) is 14.4. The van der Waals surface area contributed by atoms with Crippen molar-refractivity contribution in [3.8, 4) is 22.6 Å². The summed E-state index contributed by atoms with van der Waals surface area (Å²) < 4.78 is 2.14. The van der Waals surface area contributed by atoms with E-state index in [1.54, 1.807) is 12.4 Å². The van der Waals surface area contributed by atoms with Gasteiger partial charge in [0, 0.05) is 34.9 Å². The number of carbonyl (C=O) groups excluding carboxylic acids is 1. The number of nitrogens with one attached hydrogen (secondary N) is 1. The molecule has 0 radical (unpaired) electrons. The van der Waals surface area contributed by atoms with Gasteiger partial charge in [-0.25, -0.2) is 4.98 Å². The molecule has 0 bridgehead atoms. The molecule has 3 aromatic heterocycles. The van der Waals surface area contributed by atoms with Gasteiger partial charge in [0.15, 0.2) is 16.1 Å². The molecule has 1 atom stereocenters. The van der Waals surface area contributed by atoms with Gasteiger partial charge in [0.2, 0.25) is 5.91 Å². The summed E-state index contributed by atoms with van der Waals surface area (Å²) >= 11 is 2.84. The Morgan fingerprint density at radius 2 is 1.97 bits per heavy atom. The quantitative estimate of drug-likeness (QED) is 0.404. The molecule has 5 rings (SSSR count). The molecule has 7 nitrogen and oxygen atoms in total. The van der Waals surface area contributed by atoms with E-state index in [4.69, 9.17) is 0 Å². The minimum Gasteiger partial charge on any atom is -0.301 e. The molecule has 31 heavy (non-hydrogen) atoms. The second-order valence-corrected chi connectivity index (χ2v) is 9.47. The molecule has 1 saturated carbocycles. The fraction of sp³-hybridized carbons (Fsp3) is 0.227. The van der Waals surface area contributed by atoms with Gasteiger partial charge in [-0.2, -0.15) is 0 Å². The third kappa shape index (κ3) is 4.38. The maximum atomic E-state index is 12.8. The predicted molar refractivity (Wildman–Crippen MR) is 123 cm³/mol. The molecule has 0 spiro atoms. The molecule has 1 aliphatic carbocycles. The third-order valence-electron chi connectivity index (χ3n) is 4.95. The van der Waals surface area contributed by atoms with Gasteiger partial charge in [-0.3, -0.25) is 14.3 Å². The molecule has 9 heteroatoms. The summed E-state index contributed by atoms with van der Waals surface area (Å²) in [6, 6.07) is 14.2. The van der Waals surface area contributed by atoms with Crippen LogP contribution in [0.1, 0.15) is 25.8 Å². The summed E-state index contributed by atoms with van der Waals surface area (Å²) in [7, 11) is 0. The largest absolute Gasteiger partial charge is 0.301 e. The molecule has 1 fully saturated rings. The van der Waals surface area contributed by atoms with Crippen molar-refractivity contribution in [2.24, 2.45) is 0 Å². The van der Waals surface area contributed by atoms with Crippen LogP contribution in [-0.4, -0.2) is 35.9 Å². The van der Waals surface area contributed by atoms with Gasteiger partial charge < -0.3 is 5.32 Å². The summed E-state index contributed by atoms with van der Waals surface area (Å²) in [4.78, 5) is 21.5. The lowest BCUT2D eigenvalue weighted by atomic mass is 10.2. The fourth-order valence-corrected chi connectivity index (χ4v) is 4.84. The first-order valence-corrected chi connectivity index (χ1v) is 11.8. The number of benzene rings is 1. The Morgan fingerprint density at radius 3 is 2.71 bits per heavy atom. The van der Waals surface area contributed by atoms with Crippen molar-refractivity contribution in [2.75, 3.05) is 5.32 Å². The van der Waals surface area contributed by atoms with Crippen LogP contribution in [0, 0.1) is 0 Å². The summed E-state index contributed by atoms with van der Waals surface area (Å²) in [5.74, 6) is 0.699. The number of hydrogen-bond donors (Lipinski definition) is 1. The van der Waals surface area contributed by atoms with Crippen LogP contribution in [0.4, 0.5) is 5.13 Å². The molecule has 0 aliphatic heterocycles. The van der Waals surface area contributed by atoms with E-state index in [0.29, 0.717) is 11.2 Å². The Bertz CT molecular complexity index is 1190. The van der Waals surface area contributed by atoms with Crippen LogP contribution in [0.15, 0.2) is 65.4 Å². The summed E-state index contributed by atoms with van der Waals surface area (Å²) in [6.07, 6.45) is 5.73. The first-order valence-electron chi connectivity index (χ1n) is 10.0. The van der Waals surface area contributed by atoms with Crippen LogP contribution in [0.3, 0.4) is 0 Å². The first kappa shape index (κ1) is 19.9. The fourth-order valence-electron chi connectivity index (χ4n) is 3.20. The van der Waals surface area contributed by atoms with Gasteiger partial charge in [0.1, 0.15) is 0 Å². The molecule has 1 N–H and O–H groups in total. The zero-order valence-corrected chi connectivity index (χ0v) is 18.4. The number of pyridine rings is 1. The van der Waals surface area contributed by atoms with Crippen molar-refractivity contribution in [1.82, 2.24) is 24.7 Å². The average Bonchev–Trinajstić information content (AvgIpc) is 3.39. The highest BCUT2D eigenvalue weighted by Gasteiger charge is 2.31. The molecule has 1 amide bonds. The van der Waals surface area contributed by atoms with Crippen LogP contribution in [0.2, 0.25) is 0 Å². The lowest BCUT2D eigenvalue weighted by Gasteiger charge is -2.12. The maximum absolute atomic E-state index is 12.8. The van der Waals surface area contributed by atoms with Crippen molar-refractivity contribution in [3.05, 3.63) is 60.2 Å². The van der Waals surface area contributed by atoms with Crippen LogP contribution in [0.25, 0.3) is 22.6 Å². The number of nitrogens with zero attached hydrogens (tertiary/aromatic N) is 5. The third-order valence-corrected chi connectivity index (χ3v) is 6.77. The van der Waals surface area contributed by atoms with Crippen molar-refractivity contribution >= 4 is 34.1 Å². The molecular weight excluding hydrogens is 428 g/mol. The average molecular weight is 449 g/mol. The number of aromatic nitrogens is 5. The van der Waals surface area contributed by atoms with Gasteiger partial charge in [0.05, 0.1) is 10.9 Å². The van der Waals surface area contributed by atoms with Crippen molar-refractivity contribution < 1.29 is 4.79 Å². The second-order valence-electron chi connectivity index (χ2n) is 7.30. The summed E-state index contributed by atoms with van der Waals surface area (Å²) in [6.45, 7) is 1.88. The second kappa shape index (κ2) is 8.60. The highest BCUT2D eigenvalue weighted by Crippen LogP contribution is 2.41. The standard InChI is InChI=1S/C22H20N6OS2/c1-14(20(29)25-21-24-18(13-30-21)15-6-3-2-4-7-15)31-22-27-26-19(28(22)17-9-10-17)16-8-5-11-23-12-16/h2-8,11-14,17H,9-10H2,1H3,(H,24,25,29)/t14-/m1/s1. The number of rotatable bonds is 7. The maximum Gasteiger partial charge on any atom is 0.239 e. The molecule has 4 aromatic rings. The molecule has 1 aliphatic rings. The number of thiazole rings is 1. The first-order chi connectivity index (χ1) is 15.2. The van der Waals surface area contributed by atoms with Crippen LogP contribution in [0.5, 0.6) is 0 Å². The Balaban J connectivity index is 1.29. The monoisotopic (exact) mass is 448 g/mol. The molecular formula is C22H20N6OS2. The Morgan fingerprint density at radius 1 is 1.16 bits per heavy atom. The minimum atomic E-state index is -0.340. The highest BCUT2D eigenvalue weighted by molar-refractivity contribution is 8.00. The van der Waals surface area contributed by atoms with Gasteiger partial charge in [-0.15, -0.1) is 21.5 Å². The zero-order chi connectivity index (χ0) is 21.2. The smallest absolute Gasteiger partial charge is 0.239 e. The summed E-state index contributed by atoms with van der Waals surface area (Å²) in [5, 5.41) is 14.7. The van der Waals surface area contributed by atoms with E-state index in [-0.39, 0.29) is 11.2 Å². The molecule has 0 saturated heterocycles. The molecule has 3 heterocycles. The van der Waals surface area contributed by atoms with E-state index in [2.05, 4.69) is 30.0 Å². The molecule has 1 aromatic carbocycles. The lowest BCUT2D eigenvalue weighted by Crippen LogP contribution is -2.22. The topological polar surface area (TPSA) is 85.6 Å². The van der Waals surface area contributed by atoms with Crippen molar-refractivity contribution in [3.63, 3.8) is 0 Å². The minimum absolute atomic E-state index is 0.104. The van der Waals surface area contributed by atoms with E-state index >= 15 is 0 Å². The van der Waals surface area contributed by atoms with Crippen molar-refractivity contribution in [1.29, 1.82) is 0 Å². The van der Waals surface area contributed by atoms with Crippen LogP contribution in [-0.2, 0) is 4.79 Å². The predicted octanol–water partition coefficient (Wildman–Crippen LogP) is 4.92. The molecule has 156 valence electrons. The number of anilines is 1. The zero-order valence-electron chi connectivity index (χ0n) is 16.8. The Labute approximate surface area is 188 Å². The van der Waals surface area contributed by atoms with E-state index in [1.165, 1.54) is 23.1 Å². The van der Waals surface area contributed by atoms with Crippen LogP contribution < -0.4 is 5.32 Å². The van der Waals surface area contributed by atoms with Gasteiger partial charge >= 0.3 is 0 Å². The van der Waals surface area contributed by atoms with Gasteiger partial charge in [-0.05, 0) is 31.9 Å². The Hall–Kier alpha value is -3.04. The Kier molecular flexibility index (Phi) is 5.52. The summed E-state index contributed by atoms with van der Waals surface area (Å²) in [5.41, 5.74) is 2.82. The van der Waals surface area contributed by atoms with E-state index in [0.717, 1.165) is 40.6 Å². The number of hydrogen-bond acceptors (Lipinski definition) is 7. The van der Waals surface area contributed by atoms with E-state index in [1.807, 2.05) is 54.8 Å². The molecule has 0 unspecified atom stereocenters. The van der Waals surface area contributed by atoms with E-state index < -0.39 is 0 Å².